The second-order valence-corrected chi connectivity index (χ2v) is 2.34. The molecule has 0 aliphatic heterocycles. The minimum atomic E-state index is 0.625. The predicted octanol–water partition coefficient (Wildman–Crippen LogP) is 1.23. The molecule has 0 aliphatic rings. The quantitative estimate of drug-likeness (QED) is 0.565. The van der Waals surface area contributed by atoms with Gasteiger partial charge in [0, 0.05) is 6.92 Å². The zero-order valence-corrected chi connectivity index (χ0v) is 6.33. The average Bonchev–Trinajstić information content (AvgIpc) is 2.27. The third-order valence-corrected chi connectivity index (χ3v) is 1.38. The van der Waals surface area contributed by atoms with Crippen LogP contribution in [0.2, 0.25) is 0 Å². The lowest BCUT2D eigenvalue weighted by atomic mass is 10.5. The summed E-state index contributed by atoms with van der Waals surface area (Å²) in [7, 11) is 0. The SMILES string of the molecule is Cc1ncc2oc(C)nc2n1. The maximum Gasteiger partial charge on any atom is 0.202 e. The van der Waals surface area contributed by atoms with E-state index in [1.807, 2.05) is 6.92 Å². The lowest BCUT2D eigenvalue weighted by Gasteiger charge is -1.86. The number of hydrogen-bond acceptors (Lipinski definition) is 4. The van der Waals surface area contributed by atoms with Crippen LogP contribution in [0.15, 0.2) is 10.6 Å². The Morgan fingerprint density at radius 2 is 2.09 bits per heavy atom. The van der Waals surface area contributed by atoms with Gasteiger partial charge in [0.25, 0.3) is 0 Å². The summed E-state index contributed by atoms with van der Waals surface area (Å²) < 4.78 is 5.19. The largest absolute Gasteiger partial charge is 0.438 e. The van der Waals surface area contributed by atoms with Gasteiger partial charge in [-0.25, -0.2) is 9.97 Å². The zero-order chi connectivity index (χ0) is 7.84. The maximum absolute atomic E-state index is 5.19. The summed E-state index contributed by atoms with van der Waals surface area (Å²) >= 11 is 0. The van der Waals surface area contributed by atoms with E-state index >= 15 is 0 Å². The van der Waals surface area contributed by atoms with Gasteiger partial charge in [-0.3, -0.25) is 0 Å². The van der Waals surface area contributed by atoms with Crippen molar-refractivity contribution >= 4 is 11.2 Å². The molecule has 4 heteroatoms. The predicted molar refractivity (Wildman–Crippen MR) is 39.1 cm³/mol. The Morgan fingerprint density at radius 3 is 2.91 bits per heavy atom. The summed E-state index contributed by atoms with van der Waals surface area (Å²) in [5.74, 6) is 1.34. The minimum Gasteiger partial charge on any atom is -0.438 e. The first-order valence-corrected chi connectivity index (χ1v) is 3.32. The molecular weight excluding hydrogens is 142 g/mol. The fraction of sp³-hybridized carbons (Fsp3) is 0.286. The summed E-state index contributed by atoms with van der Waals surface area (Å²) in [5.41, 5.74) is 1.28. The highest BCUT2D eigenvalue weighted by Crippen LogP contribution is 2.10. The van der Waals surface area contributed by atoms with Gasteiger partial charge in [-0.1, -0.05) is 0 Å². The number of oxazole rings is 1. The van der Waals surface area contributed by atoms with Gasteiger partial charge in [-0.2, -0.15) is 4.98 Å². The molecule has 0 fully saturated rings. The number of fused-ring (bicyclic) bond motifs is 1. The molecule has 0 saturated heterocycles. The summed E-state index contributed by atoms with van der Waals surface area (Å²) in [6, 6.07) is 0. The van der Waals surface area contributed by atoms with E-state index in [2.05, 4.69) is 15.0 Å². The van der Waals surface area contributed by atoms with Gasteiger partial charge in [0.2, 0.25) is 5.65 Å². The van der Waals surface area contributed by atoms with E-state index in [9.17, 15) is 0 Å². The van der Waals surface area contributed by atoms with E-state index in [4.69, 9.17) is 4.42 Å². The van der Waals surface area contributed by atoms with Crippen molar-refractivity contribution in [1.29, 1.82) is 0 Å². The van der Waals surface area contributed by atoms with Crippen LogP contribution in [0.3, 0.4) is 0 Å². The van der Waals surface area contributed by atoms with Gasteiger partial charge in [0.05, 0.1) is 6.20 Å². The molecule has 0 saturated carbocycles. The normalized spacial score (nSPS) is 10.7. The lowest BCUT2D eigenvalue weighted by Crippen LogP contribution is -1.85. The van der Waals surface area contributed by atoms with Gasteiger partial charge in [0.15, 0.2) is 11.5 Å². The molecule has 2 heterocycles. The Morgan fingerprint density at radius 1 is 1.27 bits per heavy atom. The van der Waals surface area contributed by atoms with Crippen molar-refractivity contribution < 1.29 is 4.42 Å². The van der Waals surface area contributed by atoms with E-state index in [0.29, 0.717) is 22.9 Å². The molecule has 2 rings (SSSR count). The van der Waals surface area contributed by atoms with Crippen LogP contribution in [0.4, 0.5) is 0 Å². The van der Waals surface area contributed by atoms with Gasteiger partial charge >= 0.3 is 0 Å². The molecule has 0 N–H and O–H groups in total. The van der Waals surface area contributed by atoms with Crippen molar-refractivity contribution in [3.63, 3.8) is 0 Å². The fourth-order valence-electron chi connectivity index (χ4n) is 0.930. The number of aromatic nitrogens is 3. The van der Waals surface area contributed by atoms with E-state index in [0.717, 1.165) is 0 Å². The van der Waals surface area contributed by atoms with E-state index in [-0.39, 0.29) is 0 Å². The van der Waals surface area contributed by atoms with Crippen molar-refractivity contribution in [2.75, 3.05) is 0 Å². The Kier molecular flexibility index (Phi) is 1.15. The topological polar surface area (TPSA) is 51.8 Å². The molecule has 56 valence electrons. The highest BCUT2D eigenvalue weighted by molar-refractivity contribution is 5.65. The number of aryl methyl sites for hydroxylation is 2. The monoisotopic (exact) mass is 149 g/mol. The molecule has 0 amide bonds. The van der Waals surface area contributed by atoms with Crippen LogP contribution < -0.4 is 0 Å². The Balaban J connectivity index is 2.82. The summed E-state index contributed by atoms with van der Waals surface area (Å²) in [6.45, 7) is 3.61. The Labute approximate surface area is 63.3 Å². The van der Waals surface area contributed by atoms with Crippen molar-refractivity contribution in [3.8, 4) is 0 Å². The Hall–Kier alpha value is -1.45. The number of rotatable bonds is 0. The van der Waals surface area contributed by atoms with E-state index in [1.54, 1.807) is 13.1 Å². The van der Waals surface area contributed by atoms with Gasteiger partial charge in [-0.15, -0.1) is 0 Å². The smallest absolute Gasteiger partial charge is 0.202 e. The van der Waals surface area contributed by atoms with Crippen LogP contribution in [0.5, 0.6) is 0 Å². The average molecular weight is 149 g/mol. The van der Waals surface area contributed by atoms with E-state index in [1.165, 1.54) is 0 Å². The van der Waals surface area contributed by atoms with Crippen molar-refractivity contribution in [3.05, 3.63) is 17.9 Å². The van der Waals surface area contributed by atoms with Crippen molar-refractivity contribution in [1.82, 2.24) is 15.0 Å². The number of nitrogens with zero attached hydrogens (tertiary/aromatic N) is 3. The third-order valence-electron chi connectivity index (χ3n) is 1.38. The van der Waals surface area contributed by atoms with Gasteiger partial charge in [-0.05, 0) is 6.92 Å². The molecule has 4 nitrogen and oxygen atoms in total. The molecule has 2 aromatic rings. The van der Waals surface area contributed by atoms with Gasteiger partial charge < -0.3 is 4.42 Å². The second kappa shape index (κ2) is 2.02. The first-order valence-electron chi connectivity index (χ1n) is 3.32. The van der Waals surface area contributed by atoms with Crippen LogP contribution in [0.1, 0.15) is 11.7 Å². The highest BCUT2D eigenvalue weighted by Gasteiger charge is 2.02. The lowest BCUT2D eigenvalue weighted by molar-refractivity contribution is 0.559. The summed E-state index contributed by atoms with van der Waals surface area (Å²) in [6.07, 6.45) is 1.64. The third kappa shape index (κ3) is 0.960. The zero-order valence-electron chi connectivity index (χ0n) is 6.33. The van der Waals surface area contributed by atoms with Crippen LogP contribution in [0.25, 0.3) is 11.2 Å². The molecule has 2 aromatic heterocycles. The standard InChI is InChI=1S/C7H7N3O/c1-4-8-3-6-7(9-4)10-5(2)11-6/h3H,1-2H3. The highest BCUT2D eigenvalue weighted by atomic mass is 16.3. The Bertz CT molecular complexity index is 393. The molecule has 0 spiro atoms. The van der Waals surface area contributed by atoms with Crippen LogP contribution in [0, 0.1) is 13.8 Å². The molecular formula is C7H7N3O. The molecule has 0 aromatic carbocycles. The molecule has 0 atom stereocenters. The molecule has 0 bridgehead atoms. The van der Waals surface area contributed by atoms with Crippen LogP contribution in [-0.4, -0.2) is 15.0 Å². The van der Waals surface area contributed by atoms with Crippen LogP contribution >= 0.6 is 0 Å². The first-order chi connectivity index (χ1) is 5.25. The maximum atomic E-state index is 5.19. The van der Waals surface area contributed by atoms with Crippen LogP contribution in [-0.2, 0) is 0 Å². The second-order valence-electron chi connectivity index (χ2n) is 2.34. The fourth-order valence-corrected chi connectivity index (χ4v) is 0.930. The minimum absolute atomic E-state index is 0.625. The molecule has 11 heavy (non-hydrogen) atoms. The summed E-state index contributed by atoms with van der Waals surface area (Å²) in [4.78, 5) is 12.1. The number of hydrogen-bond donors (Lipinski definition) is 0. The molecule has 0 unspecified atom stereocenters. The molecule has 0 radical (unpaired) electrons. The summed E-state index contributed by atoms with van der Waals surface area (Å²) in [5, 5.41) is 0. The van der Waals surface area contributed by atoms with Gasteiger partial charge in [0.1, 0.15) is 5.82 Å². The van der Waals surface area contributed by atoms with Crippen molar-refractivity contribution in [2.24, 2.45) is 0 Å². The van der Waals surface area contributed by atoms with E-state index < -0.39 is 0 Å². The first kappa shape index (κ1) is 6.27. The molecule has 0 aliphatic carbocycles. The van der Waals surface area contributed by atoms with Crippen molar-refractivity contribution in [2.45, 2.75) is 13.8 Å².